The SMILES string of the molecule is CCC1CCC(N(C)S(=O)(=O)c2csc(CCl)c2)CC1. The van der Waals surface area contributed by atoms with Crippen molar-refractivity contribution in [1.82, 2.24) is 4.31 Å². The average Bonchev–Trinajstić information content (AvgIpc) is 2.96. The van der Waals surface area contributed by atoms with Gasteiger partial charge in [-0.1, -0.05) is 13.3 Å². The van der Waals surface area contributed by atoms with Crippen molar-refractivity contribution in [2.24, 2.45) is 5.92 Å². The van der Waals surface area contributed by atoms with Gasteiger partial charge in [-0.3, -0.25) is 0 Å². The first-order chi connectivity index (χ1) is 9.48. The van der Waals surface area contributed by atoms with Gasteiger partial charge in [0.05, 0.1) is 10.8 Å². The van der Waals surface area contributed by atoms with E-state index in [0.717, 1.165) is 36.5 Å². The second kappa shape index (κ2) is 6.77. The monoisotopic (exact) mass is 335 g/mol. The van der Waals surface area contributed by atoms with E-state index in [-0.39, 0.29) is 6.04 Å². The summed E-state index contributed by atoms with van der Waals surface area (Å²) in [5.74, 6) is 1.14. The topological polar surface area (TPSA) is 37.4 Å². The van der Waals surface area contributed by atoms with Crippen LogP contribution in [-0.2, 0) is 15.9 Å². The summed E-state index contributed by atoms with van der Waals surface area (Å²) in [6.45, 7) is 2.21. The van der Waals surface area contributed by atoms with Gasteiger partial charge in [0.1, 0.15) is 0 Å². The lowest BCUT2D eigenvalue weighted by Crippen LogP contribution is -2.39. The van der Waals surface area contributed by atoms with Gasteiger partial charge in [0.15, 0.2) is 0 Å². The Labute approximate surface area is 131 Å². The highest BCUT2D eigenvalue weighted by atomic mass is 35.5. The highest BCUT2D eigenvalue weighted by molar-refractivity contribution is 7.89. The van der Waals surface area contributed by atoms with Crippen molar-refractivity contribution in [1.29, 1.82) is 0 Å². The molecule has 0 aliphatic heterocycles. The average molecular weight is 336 g/mol. The molecule has 1 fully saturated rings. The standard InChI is InChI=1S/C14H22ClNO2S2/c1-3-11-4-6-12(7-5-11)16(2)20(17,18)14-8-13(9-15)19-10-14/h8,10-12H,3-7,9H2,1-2H3. The fourth-order valence-corrected chi connectivity index (χ4v) is 5.64. The summed E-state index contributed by atoms with van der Waals surface area (Å²) in [6, 6.07) is 1.84. The number of thiophene rings is 1. The largest absolute Gasteiger partial charge is 0.243 e. The predicted molar refractivity (Wildman–Crippen MR) is 84.9 cm³/mol. The van der Waals surface area contributed by atoms with Crippen molar-refractivity contribution in [3.05, 3.63) is 16.3 Å². The van der Waals surface area contributed by atoms with E-state index in [4.69, 9.17) is 11.6 Å². The molecule has 0 N–H and O–H groups in total. The molecule has 6 heteroatoms. The minimum Gasteiger partial charge on any atom is -0.207 e. The minimum absolute atomic E-state index is 0.141. The lowest BCUT2D eigenvalue weighted by molar-refractivity contribution is 0.233. The number of rotatable bonds is 5. The highest BCUT2D eigenvalue weighted by Crippen LogP contribution is 2.32. The zero-order chi connectivity index (χ0) is 14.8. The van der Waals surface area contributed by atoms with Crippen LogP contribution >= 0.6 is 22.9 Å². The summed E-state index contributed by atoms with van der Waals surface area (Å²) in [5, 5.41) is 1.70. The van der Waals surface area contributed by atoms with Crippen LogP contribution in [0.25, 0.3) is 0 Å². The van der Waals surface area contributed by atoms with Crippen molar-refractivity contribution in [2.75, 3.05) is 7.05 Å². The Bertz CT molecular complexity index is 533. The van der Waals surface area contributed by atoms with E-state index in [0.29, 0.717) is 10.8 Å². The van der Waals surface area contributed by atoms with Crippen molar-refractivity contribution in [3.63, 3.8) is 0 Å². The van der Waals surface area contributed by atoms with Gasteiger partial charge in [-0.25, -0.2) is 8.42 Å². The quantitative estimate of drug-likeness (QED) is 0.760. The molecule has 1 aliphatic carbocycles. The molecule has 0 unspecified atom stereocenters. The number of sulfonamides is 1. The van der Waals surface area contributed by atoms with E-state index in [1.165, 1.54) is 17.8 Å². The van der Waals surface area contributed by atoms with Gasteiger partial charge < -0.3 is 0 Å². The van der Waals surface area contributed by atoms with Crippen LogP contribution < -0.4 is 0 Å². The van der Waals surface area contributed by atoms with Gasteiger partial charge >= 0.3 is 0 Å². The number of nitrogens with zero attached hydrogens (tertiary/aromatic N) is 1. The van der Waals surface area contributed by atoms with Crippen LogP contribution in [-0.4, -0.2) is 25.8 Å². The molecule has 20 heavy (non-hydrogen) atoms. The molecule has 0 bridgehead atoms. The summed E-state index contributed by atoms with van der Waals surface area (Å²) in [6.07, 6.45) is 5.42. The third kappa shape index (κ3) is 3.38. The van der Waals surface area contributed by atoms with Crippen molar-refractivity contribution in [3.8, 4) is 0 Å². The third-order valence-electron chi connectivity index (χ3n) is 4.35. The van der Waals surface area contributed by atoms with Crippen LogP contribution in [0.2, 0.25) is 0 Å². The number of alkyl halides is 1. The van der Waals surface area contributed by atoms with Gasteiger partial charge in [0.2, 0.25) is 10.0 Å². The lowest BCUT2D eigenvalue weighted by atomic mass is 9.85. The van der Waals surface area contributed by atoms with E-state index in [1.54, 1.807) is 22.8 Å². The first kappa shape index (κ1) is 16.3. The second-order valence-electron chi connectivity index (χ2n) is 5.49. The minimum atomic E-state index is -3.37. The summed E-state index contributed by atoms with van der Waals surface area (Å²) in [4.78, 5) is 1.28. The van der Waals surface area contributed by atoms with E-state index in [9.17, 15) is 8.42 Å². The molecule has 0 atom stereocenters. The predicted octanol–water partition coefficient (Wildman–Crippen LogP) is 4.08. The maximum atomic E-state index is 12.6. The molecule has 1 heterocycles. The Kier molecular flexibility index (Phi) is 5.51. The van der Waals surface area contributed by atoms with Crippen LogP contribution in [0.15, 0.2) is 16.3 Å². The van der Waals surface area contributed by atoms with Crippen molar-refractivity contribution >= 4 is 33.0 Å². The number of halogens is 1. The maximum absolute atomic E-state index is 12.6. The van der Waals surface area contributed by atoms with E-state index < -0.39 is 10.0 Å². The van der Waals surface area contributed by atoms with Crippen LogP contribution in [0.3, 0.4) is 0 Å². The molecular formula is C14H22ClNO2S2. The first-order valence-corrected chi connectivity index (χ1v) is 9.95. The molecule has 0 spiro atoms. The molecule has 1 aromatic heterocycles. The zero-order valence-corrected chi connectivity index (χ0v) is 14.4. The lowest BCUT2D eigenvalue weighted by Gasteiger charge is -2.33. The normalized spacial score (nSPS) is 24.2. The molecular weight excluding hydrogens is 314 g/mol. The number of hydrogen-bond acceptors (Lipinski definition) is 3. The van der Waals surface area contributed by atoms with Gasteiger partial charge in [0, 0.05) is 23.3 Å². The molecule has 0 amide bonds. The van der Waals surface area contributed by atoms with Crippen molar-refractivity contribution in [2.45, 2.75) is 55.8 Å². The van der Waals surface area contributed by atoms with E-state index in [2.05, 4.69) is 6.92 Å². The smallest absolute Gasteiger partial charge is 0.207 e. The summed E-state index contributed by atoms with van der Waals surface area (Å²) in [5.41, 5.74) is 0. The fraction of sp³-hybridized carbons (Fsp3) is 0.714. The Morgan fingerprint density at radius 2 is 2.00 bits per heavy atom. The van der Waals surface area contributed by atoms with Gasteiger partial charge in [0.25, 0.3) is 0 Å². The van der Waals surface area contributed by atoms with Gasteiger partial charge in [-0.2, -0.15) is 4.31 Å². The van der Waals surface area contributed by atoms with Crippen LogP contribution in [0.4, 0.5) is 0 Å². The Hall–Kier alpha value is -0.100. The molecule has 1 aliphatic rings. The summed E-state index contributed by atoms with van der Waals surface area (Å²) >= 11 is 7.16. The Balaban J connectivity index is 2.09. The Morgan fingerprint density at radius 3 is 2.50 bits per heavy atom. The van der Waals surface area contributed by atoms with Crippen LogP contribution in [0.1, 0.15) is 43.9 Å². The molecule has 1 aromatic rings. The fourth-order valence-electron chi connectivity index (χ4n) is 2.85. The van der Waals surface area contributed by atoms with Crippen LogP contribution in [0, 0.1) is 5.92 Å². The summed E-state index contributed by atoms with van der Waals surface area (Å²) < 4.78 is 26.8. The molecule has 114 valence electrons. The van der Waals surface area contributed by atoms with Gasteiger partial charge in [-0.05, 0) is 37.7 Å². The van der Waals surface area contributed by atoms with E-state index in [1.807, 2.05) is 0 Å². The molecule has 1 saturated carbocycles. The summed E-state index contributed by atoms with van der Waals surface area (Å²) in [7, 11) is -1.65. The van der Waals surface area contributed by atoms with E-state index >= 15 is 0 Å². The zero-order valence-electron chi connectivity index (χ0n) is 12.0. The molecule has 0 aromatic carbocycles. The second-order valence-corrected chi connectivity index (χ2v) is 8.75. The third-order valence-corrected chi connectivity index (χ3v) is 7.77. The molecule has 0 radical (unpaired) electrons. The van der Waals surface area contributed by atoms with Crippen LogP contribution in [0.5, 0.6) is 0 Å². The Morgan fingerprint density at radius 1 is 1.35 bits per heavy atom. The molecule has 2 rings (SSSR count). The molecule has 3 nitrogen and oxygen atoms in total. The highest BCUT2D eigenvalue weighted by Gasteiger charge is 2.31. The van der Waals surface area contributed by atoms with Gasteiger partial charge in [-0.15, -0.1) is 22.9 Å². The van der Waals surface area contributed by atoms with Crippen molar-refractivity contribution < 1.29 is 8.42 Å². The first-order valence-electron chi connectivity index (χ1n) is 7.10. The maximum Gasteiger partial charge on any atom is 0.243 e. The number of hydrogen-bond donors (Lipinski definition) is 0. The molecule has 0 saturated heterocycles.